The van der Waals surface area contributed by atoms with E-state index in [2.05, 4.69) is 20.3 Å². The maximum Gasteiger partial charge on any atom is 0.278 e. The second-order valence-electron chi connectivity index (χ2n) is 4.53. The lowest BCUT2D eigenvalue weighted by Gasteiger charge is -2.11. The van der Waals surface area contributed by atoms with Crippen molar-refractivity contribution in [1.29, 1.82) is 0 Å². The second kappa shape index (κ2) is 6.52. The van der Waals surface area contributed by atoms with Crippen LogP contribution in [0.3, 0.4) is 0 Å². The molecule has 0 bridgehead atoms. The zero-order valence-electron chi connectivity index (χ0n) is 12.0. The Hall–Kier alpha value is -3.48. The normalized spacial score (nSPS) is 10.1. The number of amides is 1. The minimum atomic E-state index is -0.485. The van der Waals surface area contributed by atoms with Gasteiger partial charge in [-0.3, -0.25) is 9.78 Å². The highest BCUT2D eigenvalue weighted by molar-refractivity contribution is 6.06. The number of pyridine rings is 1. The number of nitrogen functional groups attached to an aromatic ring is 1. The summed E-state index contributed by atoms with van der Waals surface area (Å²) in [6.45, 7) is 0. The molecule has 3 aromatic rings. The molecule has 2 aromatic heterocycles. The highest BCUT2D eigenvalue weighted by Gasteiger charge is 2.15. The highest BCUT2D eigenvalue weighted by atomic mass is 16.5. The fourth-order valence-electron chi connectivity index (χ4n) is 1.89. The molecule has 3 N–H and O–H groups in total. The molecule has 1 amide bonds. The predicted octanol–water partition coefficient (Wildman–Crippen LogP) is 2.50. The Morgan fingerprint density at radius 3 is 2.61 bits per heavy atom. The van der Waals surface area contributed by atoms with Gasteiger partial charge in [0.2, 0.25) is 0 Å². The van der Waals surface area contributed by atoms with Crippen molar-refractivity contribution in [1.82, 2.24) is 15.0 Å². The summed E-state index contributed by atoms with van der Waals surface area (Å²) in [7, 11) is 0. The van der Waals surface area contributed by atoms with E-state index >= 15 is 0 Å². The number of ether oxygens (including phenoxy) is 1. The predicted molar refractivity (Wildman–Crippen MR) is 85.2 cm³/mol. The van der Waals surface area contributed by atoms with Gasteiger partial charge in [0.25, 0.3) is 5.91 Å². The number of carbonyl (C=O) groups excluding carboxylic acids is 1. The van der Waals surface area contributed by atoms with Gasteiger partial charge in [0.05, 0.1) is 6.20 Å². The van der Waals surface area contributed by atoms with Gasteiger partial charge in [-0.25, -0.2) is 9.97 Å². The molecule has 114 valence electrons. The fourth-order valence-corrected chi connectivity index (χ4v) is 1.89. The number of nitrogens with one attached hydrogen (secondary N) is 1. The minimum Gasteiger partial charge on any atom is -0.455 e. The molecular weight excluding hydrogens is 294 g/mol. The number of nitrogens with two attached hydrogens (primary N) is 1. The van der Waals surface area contributed by atoms with E-state index in [-0.39, 0.29) is 11.5 Å². The van der Waals surface area contributed by atoms with Crippen molar-refractivity contribution >= 4 is 17.4 Å². The highest BCUT2D eigenvalue weighted by Crippen LogP contribution is 2.28. The molecule has 23 heavy (non-hydrogen) atoms. The zero-order valence-corrected chi connectivity index (χ0v) is 12.0. The van der Waals surface area contributed by atoms with Crippen LogP contribution in [-0.4, -0.2) is 20.9 Å². The van der Waals surface area contributed by atoms with E-state index in [0.29, 0.717) is 17.2 Å². The van der Waals surface area contributed by atoms with Gasteiger partial charge in [0.1, 0.15) is 11.4 Å². The maximum absolute atomic E-state index is 12.3. The van der Waals surface area contributed by atoms with Crippen LogP contribution in [0.25, 0.3) is 0 Å². The third-order valence-electron chi connectivity index (χ3n) is 2.94. The quantitative estimate of drug-likeness (QED) is 0.767. The van der Waals surface area contributed by atoms with E-state index in [1.807, 2.05) is 30.3 Å². The third-order valence-corrected chi connectivity index (χ3v) is 2.94. The van der Waals surface area contributed by atoms with Crippen molar-refractivity contribution in [3.8, 4) is 11.5 Å². The Kier molecular flexibility index (Phi) is 4.10. The third kappa shape index (κ3) is 3.41. The molecule has 2 heterocycles. The van der Waals surface area contributed by atoms with Crippen LogP contribution in [0.2, 0.25) is 0 Å². The molecule has 0 spiro atoms. The number of anilines is 2. The first-order valence-electron chi connectivity index (χ1n) is 6.79. The lowest BCUT2D eigenvalue weighted by Crippen LogP contribution is -2.17. The Morgan fingerprint density at radius 1 is 1.04 bits per heavy atom. The van der Waals surface area contributed by atoms with Gasteiger partial charge in [-0.2, -0.15) is 0 Å². The van der Waals surface area contributed by atoms with Gasteiger partial charge in [0.15, 0.2) is 17.3 Å². The summed E-state index contributed by atoms with van der Waals surface area (Å²) in [5.41, 5.74) is 6.11. The van der Waals surface area contributed by atoms with Crippen molar-refractivity contribution in [2.75, 3.05) is 11.1 Å². The van der Waals surface area contributed by atoms with Crippen LogP contribution in [0.4, 0.5) is 11.5 Å². The van der Waals surface area contributed by atoms with Crippen LogP contribution in [0.1, 0.15) is 10.5 Å². The molecule has 0 unspecified atom stereocenters. The summed E-state index contributed by atoms with van der Waals surface area (Å²) < 4.78 is 5.75. The molecule has 0 saturated heterocycles. The lowest BCUT2D eigenvalue weighted by atomic mass is 10.3. The molecule has 0 saturated carbocycles. The van der Waals surface area contributed by atoms with Crippen LogP contribution >= 0.6 is 0 Å². The van der Waals surface area contributed by atoms with Crippen molar-refractivity contribution in [2.24, 2.45) is 0 Å². The van der Waals surface area contributed by atoms with Crippen LogP contribution in [-0.2, 0) is 0 Å². The number of benzene rings is 1. The topological polar surface area (TPSA) is 103 Å². The summed E-state index contributed by atoms with van der Waals surface area (Å²) in [6, 6.07) is 10.9. The van der Waals surface area contributed by atoms with E-state index < -0.39 is 5.91 Å². The van der Waals surface area contributed by atoms with E-state index in [1.54, 1.807) is 12.3 Å². The first-order valence-corrected chi connectivity index (χ1v) is 6.79. The maximum atomic E-state index is 12.3. The Balaban J connectivity index is 1.84. The molecule has 7 nitrogen and oxygen atoms in total. The van der Waals surface area contributed by atoms with Crippen molar-refractivity contribution in [3.63, 3.8) is 0 Å². The van der Waals surface area contributed by atoms with Gasteiger partial charge in [-0.15, -0.1) is 0 Å². The minimum absolute atomic E-state index is 0.0435. The number of carbonyl (C=O) groups is 1. The zero-order chi connectivity index (χ0) is 16.1. The summed E-state index contributed by atoms with van der Waals surface area (Å²) in [5.74, 6) is 0.677. The van der Waals surface area contributed by atoms with Crippen LogP contribution in [0.15, 0.2) is 61.2 Å². The monoisotopic (exact) mass is 307 g/mol. The summed E-state index contributed by atoms with van der Waals surface area (Å²) >= 11 is 0. The Bertz CT molecular complexity index is 823. The Labute approximate surface area is 132 Å². The average Bonchev–Trinajstić information content (AvgIpc) is 2.58. The van der Waals surface area contributed by atoms with Gasteiger partial charge >= 0.3 is 0 Å². The number of hydrogen-bond acceptors (Lipinski definition) is 6. The largest absolute Gasteiger partial charge is 0.455 e. The summed E-state index contributed by atoms with van der Waals surface area (Å²) in [6.07, 6.45) is 5.88. The molecular formula is C16H13N5O2. The number of rotatable bonds is 4. The van der Waals surface area contributed by atoms with E-state index in [4.69, 9.17) is 10.5 Å². The van der Waals surface area contributed by atoms with Crippen LogP contribution in [0.5, 0.6) is 11.5 Å². The average molecular weight is 307 g/mol. The van der Waals surface area contributed by atoms with Gasteiger partial charge < -0.3 is 15.8 Å². The van der Waals surface area contributed by atoms with Gasteiger partial charge in [-0.1, -0.05) is 18.2 Å². The number of aromatic nitrogens is 3. The van der Waals surface area contributed by atoms with E-state index in [1.165, 1.54) is 18.6 Å². The van der Waals surface area contributed by atoms with E-state index in [0.717, 1.165) is 0 Å². The van der Waals surface area contributed by atoms with Crippen LogP contribution in [0, 0.1) is 0 Å². The SMILES string of the molecule is Nc1nccnc1C(=O)Nc1cnccc1Oc1ccccc1. The molecule has 0 aliphatic rings. The van der Waals surface area contributed by atoms with Crippen molar-refractivity contribution < 1.29 is 9.53 Å². The van der Waals surface area contributed by atoms with E-state index in [9.17, 15) is 4.79 Å². The Morgan fingerprint density at radius 2 is 1.83 bits per heavy atom. The molecule has 0 atom stereocenters. The molecule has 0 aliphatic heterocycles. The molecule has 0 fully saturated rings. The fraction of sp³-hybridized carbons (Fsp3) is 0. The smallest absolute Gasteiger partial charge is 0.278 e. The first kappa shape index (κ1) is 14.5. The lowest BCUT2D eigenvalue weighted by molar-refractivity contribution is 0.102. The van der Waals surface area contributed by atoms with Crippen LogP contribution < -0.4 is 15.8 Å². The number of para-hydroxylation sites is 1. The van der Waals surface area contributed by atoms with Crippen molar-refractivity contribution in [3.05, 3.63) is 66.9 Å². The molecule has 7 heteroatoms. The van der Waals surface area contributed by atoms with Gasteiger partial charge in [-0.05, 0) is 12.1 Å². The molecule has 1 aromatic carbocycles. The number of hydrogen-bond donors (Lipinski definition) is 2. The molecule has 0 radical (unpaired) electrons. The summed E-state index contributed by atoms with van der Waals surface area (Å²) in [4.78, 5) is 24.0. The second-order valence-corrected chi connectivity index (χ2v) is 4.53. The molecule has 3 rings (SSSR count). The molecule has 0 aliphatic carbocycles. The standard InChI is InChI=1S/C16H13N5O2/c17-15-14(19-8-9-20-15)16(22)21-12-10-18-7-6-13(12)23-11-4-2-1-3-5-11/h1-10H,(H2,17,20)(H,21,22). The van der Waals surface area contributed by atoms with Crippen molar-refractivity contribution in [2.45, 2.75) is 0 Å². The summed E-state index contributed by atoms with van der Waals surface area (Å²) in [5, 5.41) is 2.68. The number of nitrogens with zero attached hydrogens (tertiary/aromatic N) is 3. The first-order chi connectivity index (χ1) is 11.2. The van der Waals surface area contributed by atoms with Gasteiger partial charge in [0, 0.05) is 24.7 Å².